The van der Waals surface area contributed by atoms with Gasteiger partial charge in [-0.25, -0.2) is 0 Å². The first-order valence-electron chi connectivity index (χ1n) is 8.80. The summed E-state index contributed by atoms with van der Waals surface area (Å²) in [6, 6.07) is 11.3. The molecule has 0 unspecified atom stereocenters. The second kappa shape index (κ2) is 10.3. The number of hydrogen-bond donors (Lipinski definition) is 6. The van der Waals surface area contributed by atoms with Gasteiger partial charge in [-0.05, 0) is 48.2 Å². The minimum absolute atomic E-state index is 0.108. The van der Waals surface area contributed by atoms with Gasteiger partial charge in [0.25, 0.3) is 0 Å². The summed E-state index contributed by atoms with van der Waals surface area (Å²) in [4.78, 5) is 24.2. The number of amides is 2. The minimum Gasteiger partial charge on any atom is -0.508 e. The predicted octanol–water partition coefficient (Wildman–Crippen LogP) is -0.163. The van der Waals surface area contributed by atoms with Gasteiger partial charge in [0, 0.05) is 0 Å². The quantitative estimate of drug-likeness (QED) is 0.347. The molecule has 6 N–H and O–H groups in total. The molecule has 0 fully saturated rings. The van der Waals surface area contributed by atoms with E-state index < -0.39 is 23.9 Å². The van der Waals surface area contributed by atoms with Crippen molar-refractivity contribution in [2.24, 2.45) is 0 Å². The molecule has 0 aliphatic carbocycles. The fraction of sp³-hybridized carbons (Fsp3) is 0.300. The van der Waals surface area contributed by atoms with Gasteiger partial charge in [0.05, 0.1) is 25.3 Å². The topological polar surface area (TPSA) is 139 Å². The Morgan fingerprint density at radius 3 is 1.29 bits per heavy atom. The summed E-state index contributed by atoms with van der Waals surface area (Å²) < 4.78 is 0. The highest BCUT2D eigenvalue weighted by atomic mass is 16.3. The van der Waals surface area contributed by atoms with Crippen molar-refractivity contribution in [1.82, 2.24) is 10.6 Å². The lowest BCUT2D eigenvalue weighted by atomic mass is 10.1. The molecule has 0 bridgehead atoms. The van der Waals surface area contributed by atoms with Crippen LogP contribution in [0, 0.1) is 0 Å². The van der Waals surface area contributed by atoms with E-state index >= 15 is 0 Å². The largest absolute Gasteiger partial charge is 0.508 e. The van der Waals surface area contributed by atoms with Gasteiger partial charge in [0.15, 0.2) is 0 Å². The predicted molar refractivity (Wildman–Crippen MR) is 102 cm³/mol. The van der Waals surface area contributed by atoms with Gasteiger partial charge in [-0.1, -0.05) is 24.3 Å². The second-order valence-electron chi connectivity index (χ2n) is 6.45. The van der Waals surface area contributed by atoms with Gasteiger partial charge < -0.3 is 31.1 Å². The molecule has 2 rings (SSSR count). The van der Waals surface area contributed by atoms with E-state index in [1.165, 1.54) is 24.3 Å². The monoisotopic (exact) mass is 388 g/mol. The van der Waals surface area contributed by atoms with Gasteiger partial charge in [-0.2, -0.15) is 0 Å². The molecule has 28 heavy (non-hydrogen) atoms. The van der Waals surface area contributed by atoms with Crippen LogP contribution in [0.3, 0.4) is 0 Å². The van der Waals surface area contributed by atoms with Gasteiger partial charge in [-0.3, -0.25) is 9.59 Å². The molecule has 0 aliphatic rings. The first kappa shape index (κ1) is 21.2. The Labute approximate surface area is 162 Å². The molecule has 2 atom stereocenters. The molecule has 0 aromatic heterocycles. The van der Waals surface area contributed by atoms with Gasteiger partial charge in [-0.15, -0.1) is 0 Å². The molecule has 2 amide bonds. The third-order valence-corrected chi connectivity index (χ3v) is 4.15. The van der Waals surface area contributed by atoms with Crippen LogP contribution in [-0.2, 0) is 22.4 Å². The molecule has 8 nitrogen and oxygen atoms in total. The number of phenols is 2. The summed E-state index contributed by atoms with van der Waals surface area (Å²) in [6.45, 7) is -0.729. The van der Waals surface area contributed by atoms with E-state index in [2.05, 4.69) is 10.6 Å². The van der Waals surface area contributed by atoms with Crippen molar-refractivity contribution in [3.63, 3.8) is 0 Å². The van der Waals surface area contributed by atoms with Crippen LogP contribution in [0.1, 0.15) is 11.1 Å². The fourth-order valence-electron chi connectivity index (χ4n) is 2.66. The Morgan fingerprint density at radius 1 is 0.679 bits per heavy atom. The van der Waals surface area contributed by atoms with Crippen molar-refractivity contribution >= 4 is 11.8 Å². The number of carbonyl (C=O) groups is 2. The average molecular weight is 388 g/mol. The average Bonchev–Trinajstić information content (AvgIpc) is 2.69. The van der Waals surface area contributed by atoms with Gasteiger partial charge in [0.1, 0.15) is 11.5 Å². The molecular formula is C20H24N2O6. The lowest BCUT2D eigenvalue weighted by molar-refractivity contribution is -0.140. The van der Waals surface area contributed by atoms with Crippen molar-refractivity contribution in [2.75, 3.05) is 13.2 Å². The molecule has 8 heteroatoms. The Morgan fingerprint density at radius 2 is 1.00 bits per heavy atom. The minimum atomic E-state index is -0.915. The van der Waals surface area contributed by atoms with Crippen LogP contribution in [0.25, 0.3) is 0 Å². The molecule has 0 saturated heterocycles. The molecule has 0 aliphatic heterocycles. The number of rotatable bonds is 8. The van der Waals surface area contributed by atoms with E-state index in [1.807, 2.05) is 0 Å². The SMILES string of the molecule is O=C(N[C@H](CO)Cc1ccc(O)cc1)C(=O)N[C@H](CO)Cc1ccc(O)cc1. The summed E-state index contributed by atoms with van der Waals surface area (Å²) >= 11 is 0. The number of aliphatic hydroxyl groups excluding tert-OH is 2. The van der Waals surface area contributed by atoms with Crippen molar-refractivity contribution < 1.29 is 30.0 Å². The fourth-order valence-corrected chi connectivity index (χ4v) is 2.66. The molecule has 0 heterocycles. The summed E-state index contributed by atoms with van der Waals surface area (Å²) in [5.41, 5.74) is 1.55. The maximum absolute atomic E-state index is 12.1. The van der Waals surface area contributed by atoms with Crippen LogP contribution in [0.4, 0.5) is 0 Å². The molecule has 0 radical (unpaired) electrons. The Kier molecular flexibility index (Phi) is 7.79. The maximum Gasteiger partial charge on any atom is 0.309 e. The van der Waals surface area contributed by atoms with E-state index in [9.17, 15) is 30.0 Å². The van der Waals surface area contributed by atoms with E-state index in [0.29, 0.717) is 0 Å². The van der Waals surface area contributed by atoms with Crippen LogP contribution >= 0.6 is 0 Å². The summed E-state index contributed by atoms with van der Waals surface area (Å²) in [6.07, 6.45) is 0.569. The van der Waals surface area contributed by atoms with Crippen LogP contribution in [0.15, 0.2) is 48.5 Å². The molecule has 150 valence electrons. The van der Waals surface area contributed by atoms with Crippen molar-refractivity contribution in [1.29, 1.82) is 0 Å². The molecule has 2 aromatic rings. The van der Waals surface area contributed by atoms with Gasteiger partial charge in [0.2, 0.25) is 0 Å². The van der Waals surface area contributed by atoms with E-state index in [0.717, 1.165) is 11.1 Å². The normalized spacial score (nSPS) is 12.8. The smallest absolute Gasteiger partial charge is 0.309 e. The third kappa shape index (κ3) is 6.57. The molecule has 0 spiro atoms. The molecular weight excluding hydrogens is 364 g/mol. The number of aromatic hydroxyl groups is 2. The molecule has 0 saturated carbocycles. The zero-order valence-corrected chi connectivity index (χ0v) is 15.2. The highest BCUT2D eigenvalue weighted by molar-refractivity contribution is 6.35. The Balaban J connectivity index is 1.89. The number of benzene rings is 2. The van der Waals surface area contributed by atoms with Gasteiger partial charge >= 0.3 is 11.8 Å². The van der Waals surface area contributed by atoms with Crippen molar-refractivity contribution in [2.45, 2.75) is 24.9 Å². The number of aliphatic hydroxyl groups is 2. The summed E-state index contributed by atoms with van der Waals surface area (Å²) in [7, 11) is 0. The number of phenolic OH excluding ortho intramolecular Hbond substituents is 2. The van der Waals surface area contributed by atoms with Crippen LogP contribution in [0.5, 0.6) is 11.5 Å². The molecule has 2 aromatic carbocycles. The zero-order valence-electron chi connectivity index (χ0n) is 15.2. The van der Waals surface area contributed by atoms with E-state index in [4.69, 9.17) is 0 Å². The second-order valence-corrected chi connectivity index (χ2v) is 6.45. The van der Waals surface area contributed by atoms with Crippen molar-refractivity contribution in [3.8, 4) is 11.5 Å². The maximum atomic E-state index is 12.1. The lowest BCUT2D eigenvalue weighted by Crippen LogP contribution is -2.50. The first-order chi connectivity index (χ1) is 13.4. The lowest BCUT2D eigenvalue weighted by Gasteiger charge is -2.19. The highest BCUT2D eigenvalue weighted by Gasteiger charge is 2.21. The summed E-state index contributed by atoms with van der Waals surface area (Å²) in [5, 5.41) is 42.4. The van der Waals surface area contributed by atoms with Crippen LogP contribution < -0.4 is 10.6 Å². The van der Waals surface area contributed by atoms with E-state index in [-0.39, 0.29) is 37.6 Å². The van der Waals surface area contributed by atoms with Crippen LogP contribution in [-0.4, -0.2) is 57.5 Å². The first-order valence-corrected chi connectivity index (χ1v) is 8.80. The zero-order chi connectivity index (χ0) is 20.5. The van der Waals surface area contributed by atoms with E-state index in [1.54, 1.807) is 24.3 Å². The van der Waals surface area contributed by atoms with Crippen LogP contribution in [0.2, 0.25) is 0 Å². The summed E-state index contributed by atoms with van der Waals surface area (Å²) in [5.74, 6) is -1.61. The number of nitrogens with one attached hydrogen (secondary N) is 2. The third-order valence-electron chi connectivity index (χ3n) is 4.15. The highest BCUT2D eigenvalue weighted by Crippen LogP contribution is 2.12. The Hall–Kier alpha value is -3.10. The Bertz CT molecular complexity index is 709. The number of carbonyl (C=O) groups excluding carboxylic acids is 2. The van der Waals surface area contributed by atoms with Crippen molar-refractivity contribution in [3.05, 3.63) is 59.7 Å². The standard InChI is InChI=1S/C20H24N2O6/c23-11-15(9-13-1-5-17(25)6-2-13)21-19(27)20(28)22-16(12-24)10-14-3-7-18(26)8-4-14/h1-8,15-16,23-26H,9-12H2,(H,21,27)(H,22,28)/t15-,16-/m0/s1. The number of hydrogen-bond acceptors (Lipinski definition) is 6.